The maximum atomic E-state index is 12.5. The lowest BCUT2D eigenvalue weighted by atomic mass is 10.1. The van der Waals surface area contributed by atoms with Gasteiger partial charge in [-0.2, -0.15) is 5.10 Å². The Hall–Kier alpha value is -1.82. The zero-order chi connectivity index (χ0) is 15.5. The van der Waals surface area contributed by atoms with Gasteiger partial charge >= 0.3 is 0 Å². The van der Waals surface area contributed by atoms with E-state index in [4.69, 9.17) is 16.1 Å². The van der Waals surface area contributed by atoms with Crippen LogP contribution in [0, 0.1) is 0 Å². The molecule has 7 heteroatoms. The topological polar surface area (TPSA) is 64.2 Å². The van der Waals surface area contributed by atoms with Crippen LogP contribution in [0.25, 0.3) is 0 Å². The molecule has 0 radical (unpaired) electrons. The average molecular weight is 323 g/mol. The van der Waals surface area contributed by atoms with Crippen LogP contribution in [-0.4, -0.2) is 32.3 Å². The molecule has 1 saturated heterocycles. The number of hydrogen-bond acceptors (Lipinski definition) is 4. The molecule has 2 aromatic rings. The molecule has 1 atom stereocenters. The van der Waals surface area contributed by atoms with E-state index >= 15 is 0 Å². The highest BCUT2D eigenvalue weighted by Crippen LogP contribution is 2.32. The van der Waals surface area contributed by atoms with Crippen molar-refractivity contribution in [3.8, 4) is 0 Å². The third-order valence-corrected chi connectivity index (χ3v) is 4.08. The number of carbonyl (C=O) groups excluding carboxylic acids is 1. The molecule has 1 aliphatic heterocycles. The molecule has 3 heterocycles. The molecule has 0 aromatic carbocycles. The second kappa shape index (κ2) is 6.52. The lowest BCUT2D eigenvalue weighted by molar-refractivity contribution is -0.133. The summed E-state index contributed by atoms with van der Waals surface area (Å²) in [6, 6.07) is 1.98. The molecule has 3 rings (SSSR count). The summed E-state index contributed by atoms with van der Waals surface area (Å²) in [5.41, 5.74) is 0.854. The molecule has 1 aliphatic rings. The Morgan fingerprint density at radius 3 is 3.14 bits per heavy atom. The van der Waals surface area contributed by atoms with Gasteiger partial charge in [-0.25, -0.2) is 0 Å². The summed E-state index contributed by atoms with van der Waals surface area (Å²) in [5.74, 6) is 0.915. The summed E-state index contributed by atoms with van der Waals surface area (Å²) < 4.78 is 6.91. The number of halogens is 1. The zero-order valence-corrected chi connectivity index (χ0v) is 13.3. The van der Waals surface area contributed by atoms with Crippen LogP contribution < -0.4 is 0 Å². The van der Waals surface area contributed by atoms with Gasteiger partial charge in [0, 0.05) is 25.2 Å². The highest BCUT2D eigenvalue weighted by atomic mass is 35.5. The first-order valence-corrected chi connectivity index (χ1v) is 7.98. The van der Waals surface area contributed by atoms with E-state index < -0.39 is 0 Å². The van der Waals surface area contributed by atoms with Gasteiger partial charge in [0.2, 0.25) is 5.91 Å². The number of hydrogen-bond donors (Lipinski definition) is 0. The number of amides is 1. The third-order valence-electron chi connectivity index (χ3n) is 3.89. The van der Waals surface area contributed by atoms with E-state index in [-0.39, 0.29) is 18.5 Å². The first-order chi connectivity index (χ1) is 10.7. The first-order valence-electron chi connectivity index (χ1n) is 7.60. The minimum atomic E-state index is 0.00731. The second-order valence-electron chi connectivity index (χ2n) is 5.57. The summed E-state index contributed by atoms with van der Waals surface area (Å²) in [4.78, 5) is 14.4. The fourth-order valence-corrected chi connectivity index (χ4v) is 3.03. The Bertz CT molecular complexity index is 652. The van der Waals surface area contributed by atoms with Gasteiger partial charge in [0.15, 0.2) is 0 Å². The molecule has 0 saturated carbocycles. The highest BCUT2D eigenvalue weighted by Gasteiger charge is 2.32. The Labute approximate surface area is 134 Å². The van der Waals surface area contributed by atoms with Gasteiger partial charge in [-0.05, 0) is 19.3 Å². The van der Waals surface area contributed by atoms with E-state index in [1.54, 1.807) is 10.9 Å². The van der Waals surface area contributed by atoms with Crippen LogP contribution >= 0.6 is 11.6 Å². The van der Waals surface area contributed by atoms with Crippen molar-refractivity contribution in [2.45, 2.75) is 45.2 Å². The van der Waals surface area contributed by atoms with Crippen LogP contribution in [0.1, 0.15) is 43.7 Å². The molecule has 1 amide bonds. The number of rotatable bonds is 5. The second-order valence-corrected chi connectivity index (χ2v) is 6.01. The number of aryl methyl sites for hydroxylation is 1. The monoisotopic (exact) mass is 322 g/mol. The summed E-state index contributed by atoms with van der Waals surface area (Å²) in [6.07, 6.45) is 6.97. The molecule has 1 fully saturated rings. The largest absolute Gasteiger partial charge is 0.361 e. The minimum absolute atomic E-state index is 0.00731. The lowest BCUT2D eigenvalue weighted by Gasteiger charge is -2.22. The minimum Gasteiger partial charge on any atom is -0.361 e. The number of aromatic nitrogens is 3. The van der Waals surface area contributed by atoms with E-state index in [2.05, 4.69) is 17.2 Å². The molecule has 22 heavy (non-hydrogen) atoms. The van der Waals surface area contributed by atoms with Gasteiger partial charge < -0.3 is 9.42 Å². The Morgan fingerprint density at radius 1 is 1.55 bits per heavy atom. The molecule has 0 aliphatic carbocycles. The number of nitrogens with zero attached hydrogens (tertiary/aromatic N) is 4. The summed E-state index contributed by atoms with van der Waals surface area (Å²) in [5, 5.41) is 8.74. The molecular formula is C15H19ClN4O2. The molecule has 0 spiro atoms. The Morgan fingerprint density at radius 2 is 2.41 bits per heavy atom. The van der Waals surface area contributed by atoms with Crippen LogP contribution in [0.2, 0.25) is 5.02 Å². The molecule has 0 bridgehead atoms. The highest BCUT2D eigenvalue weighted by molar-refractivity contribution is 6.30. The van der Waals surface area contributed by atoms with Gasteiger partial charge in [0.1, 0.15) is 18.0 Å². The standard InChI is InChI=1S/C15H19ClN4O2/c1-2-4-12-7-13(18-22-12)14-5-3-6-20(14)15(21)10-19-9-11(16)8-17-19/h7-9,14H,2-6,10H2,1H3. The van der Waals surface area contributed by atoms with E-state index in [0.717, 1.165) is 43.7 Å². The lowest BCUT2D eigenvalue weighted by Crippen LogP contribution is -2.33. The predicted octanol–water partition coefficient (Wildman–Crippen LogP) is 2.84. The van der Waals surface area contributed by atoms with E-state index in [9.17, 15) is 4.79 Å². The van der Waals surface area contributed by atoms with Crippen molar-refractivity contribution in [3.05, 3.63) is 34.9 Å². The van der Waals surface area contributed by atoms with Crippen molar-refractivity contribution < 1.29 is 9.32 Å². The van der Waals surface area contributed by atoms with Crippen LogP contribution in [0.3, 0.4) is 0 Å². The summed E-state index contributed by atoms with van der Waals surface area (Å²) in [6.45, 7) is 3.04. The van der Waals surface area contributed by atoms with Crippen molar-refractivity contribution in [2.75, 3.05) is 6.54 Å². The summed E-state index contributed by atoms with van der Waals surface area (Å²) in [7, 11) is 0. The first kappa shape index (κ1) is 15.1. The quantitative estimate of drug-likeness (QED) is 0.849. The van der Waals surface area contributed by atoms with Crippen LogP contribution in [0.4, 0.5) is 0 Å². The molecule has 0 N–H and O–H groups in total. The van der Waals surface area contributed by atoms with Crippen molar-refractivity contribution in [1.29, 1.82) is 0 Å². The molecule has 6 nitrogen and oxygen atoms in total. The Kier molecular flexibility index (Phi) is 4.47. The van der Waals surface area contributed by atoms with Crippen LogP contribution in [0.15, 0.2) is 23.0 Å². The van der Waals surface area contributed by atoms with E-state index in [1.165, 1.54) is 6.20 Å². The van der Waals surface area contributed by atoms with Crippen molar-refractivity contribution in [2.24, 2.45) is 0 Å². The maximum Gasteiger partial charge on any atom is 0.244 e. The fraction of sp³-hybridized carbons (Fsp3) is 0.533. The molecular weight excluding hydrogens is 304 g/mol. The number of likely N-dealkylation sites (tertiary alicyclic amines) is 1. The van der Waals surface area contributed by atoms with E-state index in [1.807, 2.05) is 11.0 Å². The normalized spacial score (nSPS) is 18.1. The van der Waals surface area contributed by atoms with Gasteiger partial charge in [0.05, 0.1) is 17.3 Å². The molecule has 2 aromatic heterocycles. The van der Waals surface area contributed by atoms with E-state index in [0.29, 0.717) is 5.02 Å². The Balaban J connectivity index is 1.70. The number of carbonyl (C=O) groups is 1. The smallest absolute Gasteiger partial charge is 0.244 e. The van der Waals surface area contributed by atoms with Gasteiger partial charge in [0.25, 0.3) is 0 Å². The molecule has 1 unspecified atom stereocenters. The summed E-state index contributed by atoms with van der Waals surface area (Å²) >= 11 is 5.83. The van der Waals surface area contributed by atoms with Crippen molar-refractivity contribution in [1.82, 2.24) is 19.8 Å². The van der Waals surface area contributed by atoms with Gasteiger partial charge in [-0.1, -0.05) is 23.7 Å². The molecule has 118 valence electrons. The van der Waals surface area contributed by atoms with Crippen LogP contribution in [-0.2, 0) is 17.8 Å². The SMILES string of the molecule is CCCc1cc(C2CCCN2C(=O)Cn2cc(Cl)cn2)no1. The van der Waals surface area contributed by atoms with Gasteiger partial charge in [-0.15, -0.1) is 0 Å². The predicted molar refractivity (Wildman–Crippen MR) is 81.4 cm³/mol. The average Bonchev–Trinajstić information content (AvgIpc) is 3.19. The third kappa shape index (κ3) is 3.16. The fourth-order valence-electron chi connectivity index (χ4n) is 2.88. The van der Waals surface area contributed by atoms with Crippen molar-refractivity contribution >= 4 is 17.5 Å². The van der Waals surface area contributed by atoms with Gasteiger partial charge in [-0.3, -0.25) is 9.48 Å². The van der Waals surface area contributed by atoms with Crippen LogP contribution in [0.5, 0.6) is 0 Å². The zero-order valence-electron chi connectivity index (χ0n) is 12.5. The van der Waals surface area contributed by atoms with Crippen molar-refractivity contribution in [3.63, 3.8) is 0 Å². The maximum absolute atomic E-state index is 12.5.